The quantitative estimate of drug-likeness (QED) is 0.217. The summed E-state index contributed by atoms with van der Waals surface area (Å²) in [5.74, 6) is 1.05. The summed E-state index contributed by atoms with van der Waals surface area (Å²) in [6.45, 7) is 3.79. The van der Waals surface area contributed by atoms with Crippen LogP contribution >= 0.6 is 35.1 Å². The number of benzene rings is 1. The number of hydrogen-bond acceptors (Lipinski definition) is 5. The second-order valence-corrected chi connectivity index (χ2v) is 6.53. The van der Waals surface area contributed by atoms with E-state index in [1.807, 2.05) is 32.0 Å². The van der Waals surface area contributed by atoms with Crippen molar-refractivity contribution in [2.45, 2.75) is 13.8 Å². The number of aryl methyl sites for hydroxylation is 1. The van der Waals surface area contributed by atoms with Crippen LogP contribution in [0.1, 0.15) is 12.5 Å². The maximum atomic E-state index is 11.4. The van der Waals surface area contributed by atoms with E-state index in [2.05, 4.69) is 10.0 Å². The van der Waals surface area contributed by atoms with Crippen molar-refractivity contribution >= 4 is 47.2 Å². The van der Waals surface area contributed by atoms with Gasteiger partial charge in [0.15, 0.2) is 0 Å². The largest absolute Gasteiger partial charge is 0.495 e. The molecule has 24 heavy (non-hydrogen) atoms. The number of methoxy groups -OCH3 is 1. The number of alkyl halides is 1. The van der Waals surface area contributed by atoms with Crippen molar-refractivity contribution in [3.05, 3.63) is 52.1 Å². The Hall–Kier alpha value is -1.50. The normalized spacial score (nSPS) is 12.3. The molecule has 0 bridgehead atoms. The van der Waals surface area contributed by atoms with Crippen LogP contribution in [0.5, 0.6) is 0 Å². The van der Waals surface area contributed by atoms with Crippen LogP contribution in [0.2, 0.25) is 5.02 Å². The van der Waals surface area contributed by atoms with Gasteiger partial charge in [-0.05, 0) is 49.6 Å². The molecule has 0 radical (unpaired) electrons. The first-order chi connectivity index (χ1) is 11.5. The van der Waals surface area contributed by atoms with Crippen molar-refractivity contribution in [1.82, 2.24) is 9.62 Å². The van der Waals surface area contributed by atoms with E-state index in [-0.39, 0.29) is 0 Å². The first kappa shape index (κ1) is 20.5. The van der Waals surface area contributed by atoms with Gasteiger partial charge in [-0.3, -0.25) is 4.79 Å². The maximum Gasteiger partial charge on any atom is 0.215 e. The van der Waals surface area contributed by atoms with Crippen molar-refractivity contribution in [3.8, 4) is 0 Å². The van der Waals surface area contributed by atoms with Crippen molar-refractivity contribution in [2.75, 3.05) is 24.7 Å². The predicted molar refractivity (Wildman–Crippen MR) is 103 cm³/mol. The molecule has 0 aliphatic carbocycles. The fraction of sp³-hybridized carbons (Fsp3) is 0.312. The standard InChI is InChI=1S/C16H21Cl2N3O2S/c1-5-14(23-4)15(20-24-9-17)16(21(3)10-22)19-13-7-6-11(2)8-12(13)18/h5-8,10,19-20H,9H2,1-4H3/b14-5+,16-15+. The van der Waals surface area contributed by atoms with Crippen LogP contribution in [0.3, 0.4) is 0 Å². The zero-order valence-electron chi connectivity index (χ0n) is 14.0. The highest BCUT2D eigenvalue weighted by Gasteiger charge is 2.17. The van der Waals surface area contributed by atoms with Crippen LogP contribution in [0.4, 0.5) is 5.69 Å². The minimum absolute atomic E-state index is 0.327. The summed E-state index contributed by atoms with van der Waals surface area (Å²) in [5.41, 5.74) is 2.30. The molecule has 132 valence electrons. The molecule has 8 heteroatoms. The number of rotatable bonds is 9. The molecule has 0 aliphatic heterocycles. The van der Waals surface area contributed by atoms with Gasteiger partial charge in [0.2, 0.25) is 6.41 Å². The molecule has 0 fully saturated rings. The van der Waals surface area contributed by atoms with Crippen LogP contribution in [0.15, 0.2) is 41.6 Å². The summed E-state index contributed by atoms with van der Waals surface area (Å²) in [6.07, 6.45) is 2.48. The first-order valence-corrected chi connectivity index (χ1v) is 8.98. The van der Waals surface area contributed by atoms with Crippen LogP contribution in [-0.2, 0) is 9.53 Å². The minimum Gasteiger partial charge on any atom is -0.495 e. The second-order valence-electron chi connectivity index (χ2n) is 4.76. The van der Waals surface area contributed by atoms with E-state index in [0.29, 0.717) is 39.6 Å². The molecule has 1 amide bonds. The van der Waals surface area contributed by atoms with Gasteiger partial charge in [0.05, 0.1) is 23.0 Å². The Morgan fingerprint density at radius 1 is 1.46 bits per heavy atom. The van der Waals surface area contributed by atoms with Crippen LogP contribution in [0, 0.1) is 6.92 Å². The molecule has 2 N–H and O–H groups in total. The smallest absolute Gasteiger partial charge is 0.215 e. The Balaban J connectivity index is 3.40. The number of halogens is 2. The van der Waals surface area contributed by atoms with Gasteiger partial charge in [-0.2, -0.15) is 0 Å². The molecule has 1 rings (SSSR count). The van der Waals surface area contributed by atoms with Gasteiger partial charge in [0.1, 0.15) is 17.3 Å². The lowest BCUT2D eigenvalue weighted by Gasteiger charge is -2.24. The fourth-order valence-corrected chi connectivity index (χ4v) is 2.75. The number of allylic oxidation sites excluding steroid dienone is 1. The highest BCUT2D eigenvalue weighted by Crippen LogP contribution is 2.27. The summed E-state index contributed by atoms with van der Waals surface area (Å²) in [7, 11) is 3.19. The van der Waals surface area contributed by atoms with E-state index >= 15 is 0 Å². The number of amides is 1. The molecule has 5 nitrogen and oxygen atoms in total. The number of carbonyl (C=O) groups excluding carboxylic acids is 1. The van der Waals surface area contributed by atoms with E-state index in [1.165, 1.54) is 16.8 Å². The molecule has 0 saturated heterocycles. The lowest BCUT2D eigenvalue weighted by atomic mass is 10.2. The summed E-state index contributed by atoms with van der Waals surface area (Å²) < 4.78 is 8.49. The van der Waals surface area contributed by atoms with Gasteiger partial charge in [0.25, 0.3) is 0 Å². The SMILES string of the molecule is C/C=C(OC)\C(NSCCl)=C(\Nc1ccc(C)cc1Cl)N(C)C=O. The number of nitrogens with zero attached hydrogens (tertiary/aromatic N) is 1. The van der Waals surface area contributed by atoms with Crippen molar-refractivity contribution < 1.29 is 9.53 Å². The molecule has 1 aromatic rings. The van der Waals surface area contributed by atoms with Gasteiger partial charge in [0, 0.05) is 7.05 Å². The van der Waals surface area contributed by atoms with Crippen molar-refractivity contribution in [2.24, 2.45) is 0 Å². The minimum atomic E-state index is 0.327. The van der Waals surface area contributed by atoms with Crippen LogP contribution < -0.4 is 10.0 Å². The van der Waals surface area contributed by atoms with Gasteiger partial charge in [-0.15, -0.1) is 11.6 Å². The Morgan fingerprint density at radius 3 is 2.67 bits per heavy atom. The topological polar surface area (TPSA) is 53.6 Å². The Labute approximate surface area is 157 Å². The lowest BCUT2D eigenvalue weighted by molar-refractivity contribution is -0.115. The van der Waals surface area contributed by atoms with E-state index in [4.69, 9.17) is 27.9 Å². The first-order valence-electron chi connectivity index (χ1n) is 7.08. The maximum absolute atomic E-state index is 11.4. The average molecular weight is 390 g/mol. The van der Waals surface area contributed by atoms with Crippen LogP contribution in [-0.4, -0.2) is 30.7 Å². The van der Waals surface area contributed by atoms with Crippen LogP contribution in [0.25, 0.3) is 0 Å². The Kier molecular flexibility index (Phi) is 8.89. The molecule has 0 aromatic heterocycles. The number of nitrogens with one attached hydrogen (secondary N) is 2. The Bertz CT molecular complexity index is 636. The van der Waals surface area contributed by atoms with E-state index in [0.717, 1.165) is 5.56 Å². The summed E-state index contributed by atoms with van der Waals surface area (Å²) in [5, 5.41) is 4.06. The van der Waals surface area contributed by atoms with Crippen molar-refractivity contribution in [1.29, 1.82) is 0 Å². The molecule has 0 spiro atoms. The lowest BCUT2D eigenvalue weighted by Crippen LogP contribution is -2.27. The zero-order chi connectivity index (χ0) is 18.1. The molecule has 0 heterocycles. The number of anilines is 1. The monoisotopic (exact) mass is 389 g/mol. The predicted octanol–water partition coefficient (Wildman–Crippen LogP) is 4.30. The molecule has 0 saturated carbocycles. The molecule has 0 aliphatic rings. The summed E-state index contributed by atoms with van der Waals surface area (Å²) in [4.78, 5) is 12.7. The third-order valence-corrected chi connectivity index (χ3v) is 4.18. The van der Waals surface area contributed by atoms with Crippen molar-refractivity contribution in [3.63, 3.8) is 0 Å². The van der Waals surface area contributed by atoms with E-state index in [9.17, 15) is 4.79 Å². The highest BCUT2D eigenvalue weighted by atomic mass is 35.5. The summed E-state index contributed by atoms with van der Waals surface area (Å²) >= 11 is 13.3. The number of ether oxygens (including phenoxy) is 1. The second kappa shape index (κ2) is 10.4. The van der Waals surface area contributed by atoms with E-state index < -0.39 is 0 Å². The molecule has 0 unspecified atom stereocenters. The Morgan fingerprint density at radius 2 is 2.17 bits per heavy atom. The number of hydrogen-bond donors (Lipinski definition) is 2. The highest BCUT2D eigenvalue weighted by molar-refractivity contribution is 7.98. The average Bonchev–Trinajstić information content (AvgIpc) is 2.58. The third kappa shape index (κ3) is 5.54. The fourth-order valence-electron chi connectivity index (χ4n) is 1.91. The molecule has 1 aromatic carbocycles. The van der Waals surface area contributed by atoms with Gasteiger partial charge in [-0.25, -0.2) is 0 Å². The van der Waals surface area contributed by atoms with Gasteiger partial charge in [-0.1, -0.05) is 17.7 Å². The molecule has 0 atom stereocenters. The zero-order valence-corrected chi connectivity index (χ0v) is 16.4. The van der Waals surface area contributed by atoms with Gasteiger partial charge < -0.3 is 19.7 Å². The van der Waals surface area contributed by atoms with E-state index in [1.54, 1.807) is 20.2 Å². The number of carbonyl (C=O) groups is 1. The molecular formula is C16H21Cl2N3O2S. The summed E-state index contributed by atoms with van der Waals surface area (Å²) in [6, 6.07) is 5.63. The van der Waals surface area contributed by atoms with Gasteiger partial charge >= 0.3 is 0 Å². The third-order valence-electron chi connectivity index (χ3n) is 3.08. The molecular weight excluding hydrogens is 369 g/mol.